The zero-order valence-corrected chi connectivity index (χ0v) is 26.5. The fourth-order valence-electron chi connectivity index (χ4n) is 7.64. The number of Topliss-reactive ketones (excluding diaryl/α,β-unsaturated/α-hetero) is 2. The van der Waals surface area contributed by atoms with Crippen molar-refractivity contribution in [2.75, 3.05) is 28.3 Å². The van der Waals surface area contributed by atoms with Gasteiger partial charge in [0.05, 0.1) is 18.7 Å². The Kier molecular flexibility index (Phi) is 8.04. The number of aliphatic hydroxyl groups excluding tert-OH is 2. The van der Waals surface area contributed by atoms with Gasteiger partial charge in [-0.25, -0.2) is 0 Å². The predicted octanol–water partition coefficient (Wildman–Crippen LogP) is 2.78. The zero-order valence-electron chi connectivity index (χ0n) is 26.5. The van der Waals surface area contributed by atoms with Gasteiger partial charge < -0.3 is 30.9 Å². The van der Waals surface area contributed by atoms with Crippen LogP contribution in [0.25, 0.3) is 0 Å². The van der Waals surface area contributed by atoms with Gasteiger partial charge in [-0.05, 0) is 71.7 Å². The van der Waals surface area contributed by atoms with E-state index in [2.05, 4.69) is 39.5 Å². The highest BCUT2D eigenvalue weighted by atomic mass is 16.5. The Balaban J connectivity index is 1.85. The maximum Gasteiger partial charge on any atom is 0.255 e. The average molecular weight is 600 g/mol. The van der Waals surface area contributed by atoms with Crippen LogP contribution in [0.5, 0.6) is 11.5 Å². The third kappa shape index (κ3) is 5.11. The molecule has 6 N–H and O–H groups in total. The van der Waals surface area contributed by atoms with E-state index in [0.29, 0.717) is 23.4 Å². The number of primary amides is 1. The van der Waals surface area contributed by atoms with E-state index >= 15 is 0 Å². The molecule has 43 heavy (non-hydrogen) atoms. The van der Waals surface area contributed by atoms with Crippen LogP contribution in [0.1, 0.15) is 68.9 Å². The molecule has 4 rings (SSSR count). The van der Waals surface area contributed by atoms with Gasteiger partial charge in [0.1, 0.15) is 28.6 Å². The number of benzene rings is 1. The van der Waals surface area contributed by atoms with E-state index in [1.54, 1.807) is 14.1 Å². The summed E-state index contributed by atoms with van der Waals surface area (Å²) in [6, 6.07) is 0.433. The Labute approximate surface area is 252 Å². The third-order valence-corrected chi connectivity index (χ3v) is 9.36. The molecule has 4 atom stereocenters. The first-order valence-electron chi connectivity index (χ1n) is 14.5. The number of carbonyl (C=O) groups is 3. The fraction of sp³-hybridized carbons (Fsp3) is 0.594. The van der Waals surface area contributed by atoms with Crippen molar-refractivity contribution in [3.63, 3.8) is 0 Å². The Morgan fingerprint density at radius 1 is 1.12 bits per heavy atom. The lowest BCUT2D eigenvalue weighted by molar-refractivity contribution is -0.148. The van der Waals surface area contributed by atoms with Crippen LogP contribution in [0.4, 0.5) is 0 Å². The number of hydrogen-bond acceptors (Lipinski definition) is 10. The molecular formula is C32H45N3O8. The predicted molar refractivity (Wildman–Crippen MR) is 160 cm³/mol. The van der Waals surface area contributed by atoms with E-state index in [9.17, 15) is 34.8 Å². The molecule has 0 fully saturated rings. The molecule has 1 aromatic rings. The summed E-state index contributed by atoms with van der Waals surface area (Å²) in [6.07, 6.45) is 1.07. The summed E-state index contributed by atoms with van der Waals surface area (Å²) >= 11 is 0. The van der Waals surface area contributed by atoms with Crippen molar-refractivity contribution in [1.29, 1.82) is 0 Å². The zero-order chi connectivity index (χ0) is 32.6. The van der Waals surface area contributed by atoms with Crippen molar-refractivity contribution < 1.29 is 39.5 Å². The normalized spacial score (nSPS) is 26.1. The first kappa shape index (κ1) is 32.5. The second kappa shape index (κ2) is 10.6. The minimum atomic E-state index is -2.68. The number of nitrogens with two attached hydrogens (primary N) is 1. The van der Waals surface area contributed by atoms with Gasteiger partial charge in [0, 0.05) is 34.7 Å². The number of allylic oxidation sites excluding steroid dienone is 1. The standard InChI is InChI=1S/C32H45N3O8/c1-30(2,3)14-31(4,5)35(8)13-16-12-19(36)21-17(26(16)43-9)10-15-11-18-23(34(6)7)25(38)22(29(33)41)28(40)32(18,42)27(39)20(15)24(21)37/h12,15,18,23,36,38-39,42H,10-11,13-14H2,1-9H3,(H2,33,41)/t15-,18-,23-,32-/m0/s1. The molecule has 1 aromatic carbocycles. The van der Waals surface area contributed by atoms with Crippen molar-refractivity contribution in [2.24, 2.45) is 23.0 Å². The molecule has 0 spiro atoms. The minimum absolute atomic E-state index is 0.0123. The highest BCUT2D eigenvalue weighted by Crippen LogP contribution is 2.53. The Morgan fingerprint density at radius 3 is 2.23 bits per heavy atom. The highest BCUT2D eigenvalue weighted by molar-refractivity contribution is 6.24. The molecule has 0 radical (unpaired) electrons. The number of aliphatic hydroxyl groups is 3. The van der Waals surface area contributed by atoms with Gasteiger partial charge in [-0.2, -0.15) is 0 Å². The highest BCUT2D eigenvalue weighted by Gasteiger charge is 2.63. The summed E-state index contributed by atoms with van der Waals surface area (Å²) in [4.78, 5) is 43.3. The van der Waals surface area contributed by atoms with Crippen LogP contribution < -0.4 is 10.5 Å². The molecule has 3 aliphatic rings. The molecule has 0 saturated carbocycles. The summed E-state index contributed by atoms with van der Waals surface area (Å²) in [6.45, 7) is 11.3. The summed E-state index contributed by atoms with van der Waals surface area (Å²) in [5, 5.41) is 45.4. The number of aromatic hydroxyl groups is 1. The van der Waals surface area contributed by atoms with Gasteiger partial charge in [-0.15, -0.1) is 0 Å². The van der Waals surface area contributed by atoms with Gasteiger partial charge in [0.15, 0.2) is 11.4 Å². The number of amides is 1. The molecule has 11 heteroatoms. The van der Waals surface area contributed by atoms with Crippen molar-refractivity contribution in [3.8, 4) is 11.5 Å². The third-order valence-electron chi connectivity index (χ3n) is 9.36. The Morgan fingerprint density at radius 2 is 1.72 bits per heavy atom. The maximum absolute atomic E-state index is 14.0. The van der Waals surface area contributed by atoms with E-state index < -0.39 is 58.0 Å². The number of carbonyl (C=O) groups excluding carboxylic acids is 3. The summed E-state index contributed by atoms with van der Waals surface area (Å²) in [5.41, 5.74) is 2.65. The molecule has 1 amide bonds. The topological polar surface area (TPSA) is 174 Å². The average Bonchev–Trinajstić information content (AvgIpc) is 2.84. The van der Waals surface area contributed by atoms with Crippen LogP contribution in [0.15, 0.2) is 28.7 Å². The molecular weight excluding hydrogens is 554 g/mol. The first-order chi connectivity index (χ1) is 19.7. The Bertz CT molecular complexity index is 1450. The smallest absolute Gasteiger partial charge is 0.255 e. The molecule has 0 aliphatic heterocycles. The van der Waals surface area contributed by atoms with Gasteiger partial charge in [0.25, 0.3) is 5.91 Å². The number of hydrogen-bond donors (Lipinski definition) is 5. The molecule has 0 heterocycles. The van der Waals surface area contributed by atoms with Crippen LogP contribution in [-0.4, -0.2) is 93.1 Å². The lowest BCUT2D eigenvalue weighted by atomic mass is 9.58. The van der Waals surface area contributed by atoms with E-state index in [1.165, 1.54) is 18.1 Å². The first-order valence-corrected chi connectivity index (χ1v) is 14.5. The molecule has 11 nitrogen and oxygen atoms in total. The number of methoxy groups -OCH3 is 1. The number of nitrogens with zero attached hydrogens (tertiary/aromatic N) is 2. The van der Waals surface area contributed by atoms with Crippen LogP contribution in [0.3, 0.4) is 0 Å². The van der Waals surface area contributed by atoms with E-state index in [-0.39, 0.29) is 40.7 Å². The largest absolute Gasteiger partial charge is 0.510 e. The van der Waals surface area contributed by atoms with E-state index in [4.69, 9.17) is 10.5 Å². The number of phenols is 1. The molecule has 0 unspecified atom stereocenters. The van der Waals surface area contributed by atoms with Crippen LogP contribution in [-0.2, 0) is 22.6 Å². The van der Waals surface area contributed by atoms with Gasteiger partial charge in [-0.1, -0.05) is 20.8 Å². The van der Waals surface area contributed by atoms with Gasteiger partial charge in [0.2, 0.25) is 5.78 Å². The van der Waals surface area contributed by atoms with E-state index in [1.807, 2.05) is 7.05 Å². The lowest BCUT2D eigenvalue weighted by Gasteiger charge is -2.50. The maximum atomic E-state index is 14.0. The number of phenolic OH excluding ortho intramolecular Hbond substituents is 1. The van der Waals surface area contributed by atoms with Gasteiger partial charge in [-0.3, -0.25) is 24.2 Å². The second-order valence-corrected chi connectivity index (χ2v) is 14.3. The number of ether oxygens (including phenoxy) is 1. The van der Waals surface area contributed by atoms with Crippen molar-refractivity contribution in [2.45, 2.75) is 77.6 Å². The number of rotatable bonds is 7. The molecule has 0 saturated heterocycles. The van der Waals surface area contributed by atoms with E-state index in [0.717, 1.165) is 6.42 Å². The monoisotopic (exact) mass is 599 g/mol. The van der Waals surface area contributed by atoms with Crippen LogP contribution in [0.2, 0.25) is 0 Å². The summed E-state index contributed by atoms with van der Waals surface area (Å²) < 4.78 is 5.85. The number of likely N-dealkylation sites (N-methyl/N-ethyl adjacent to an activating group) is 1. The number of ketones is 2. The van der Waals surface area contributed by atoms with Crippen molar-refractivity contribution >= 4 is 17.5 Å². The molecule has 0 bridgehead atoms. The second-order valence-electron chi connectivity index (χ2n) is 14.3. The molecule has 0 aromatic heterocycles. The summed E-state index contributed by atoms with van der Waals surface area (Å²) in [5.74, 6) is -6.38. The van der Waals surface area contributed by atoms with Crippen LogP contribution in [0, 0.1) is 17.3 Å². The fourth-order valence-corrected chi connectivity index (χ4v) is 7.64. The van der Waals surface area contributed by atoms with Crippen molar-refractivity contribution in [3.05, 3.63) is 45.4 Å². The SMILES string of the molecule is COc1c(CN(C)C(C)(C)CC(C)(C)C)cc(O)c2c1C[C@H]1C[C@H]3[C@H](N(C)C)C(O)=C(C(N)=O)C(=O)[C@@]3(O)C(O)=C1C2=O. The Hall–Kier alpha value is -3.41. The van der Waals surface area contributed by atoms with Crippen molar-refractivity contribution in [1.82, 2.24) is 9.80 Å². The quantitative estimate of drug-likeness (QED) is 0.293. The molecule has 3 aliphatic carbocycles. The summed E-state index contributed by atoms with van der Waals surface area (Å²) in [7, 11) is 6.69. The molecule has 236 valence electrons. The minimum Gasteiger partial charge on any atom is -0.510 e. The van der Waals surface area contributed by atoms with Gasteiger partial charge >= 0.3 is 0 Å². The lowest BCUT2D eigenvalue weighted by Crippen LogP contribution is -2.63. The number of fused-ring (bicyclic) bond motifs is 3. The van der Waals surface area contributed by atoms with Crippen LogP contribution >= 0.6 is 0 Å².